The van der Waals surface area contributed by atoms with E-state index in [1.165, 1.54) is 19.3 Å². The number of hydrogen-bond donors (Lipinski definition) is 3. The number of anilines is 1. The van der Waals surface area contributed by atoms with Crippen LogP contribution in [0.2, 0.25) is 0 Å². The molecule has 0 unspecified atom stereocenters. The summed E-state index contributed by atoms with van der Waals surface area (Å²) in [5.41, 5.74) is 4.51. The first kappa shape index (κ1) is 18.6. The number of carbonyl (C=O) groups excluding carboxylic acids is 2. The Morgan fingerprint density at radius 1 is 0.926 bits per heavy atom. The summed E-state index contributed by atoms with van der Waals surface area (Å²) in [5.74, 6) is -0.305. The van der Waals surface area contributed by atoms with Crippen molar-refractivity contribution >= 4 is 23.8 Å². The molecule has 3 N–H and O–H groups in total. The van der Waals surface area contributed by atoms with Crippen molar-refractivity contribution in [3.05, 3.63) is 65.7 Å². The number of amides is 3. The summed E-state index contributed by atoms with van der Waals surface area (Å²) in [6, 6.07) is 16.3. The van der Waals surface area contributed by atoms with Crippen LogP contribution >= 0.6 is 0 Å². The third-order valence-electron chi connectivity index (χ3n) is 4.52. The van der Waals surface area contributed by atoms with Crippen LogP contribution in [0.15, 0.2) is 59.7 Å². The van der Waals surface area contributed by atoms with Crippen LogP contribution in [-0.2, 0) is 0 Å². The molecule has 0 saturated heterocycles. The Balaban J connectivity index is 1.48. The van der Waals surface area contributed by atoms with Crippen LogP contribution in [0.3, 0.4) is 0 Å². The van der Waals surface area contributed by atoms with Crippen molar-refractivity contribution in [1.82, 2.24) is 10.7 Å². The highest BCUT2D eigenvalue weighted by molar-refractivity contribution is 5.96. The first-order chi connectivity index (χ1) is 13.2. The fourth-order valence-corrected chi connectivity index (χ4v) is 3.07. The molecule has 0 heterocycles. The van der Waals surface area contributed by atoms with Crippen molar-refractivity contribution in [2.45, 2.75) is 38.1 Å². The van der Waals surface area contributed by atoms with Crippen molar-refractivity contribution < 1.29 is 9.59 Å². The second kappa shape index (κ2) is 9.52. The Morgan fingerprint density at radius 3 is 2.33 bits per heavy atom. The van der Waals surface area contributed by atoms with E-state index in [4.69, 9.17) is 0 Å². The number of benzene rings is 2. The van der Waals surface area contributed by atoms with Gasteiger partial charge in [0, 0.05) is 17.3 Å². The number of carbonyl (C=O) groups is 2. The van der Waals surface area contributed by atoms with Crippen LogP contribution in [0.5, 0.6) is 0 Å². The van der Waals surface area contributed by atoms with E-state index in [1.54, 1.807) is 30.5 Å². The monoisotopic (exact) mass is 364 g/mol. The van der Waals surface area contributed by atoms with Gasteiger partial charge in [0.25, 0.3) is 5.91 Å². The highest BCUT2D eigenvalue weighted by atomic mass is 16.2. The Kier molecular flexibility index (Phi) is 6.57. The van der Waals surface area contributed by atoms with Crippen molar-refractivity contribution in [3.8, 4) is 0 Å². The lowest BCUT2D eigenvalue weighted by molar-refractivity contribution is 0.0955. The highest BCUT2D eigenvalue weighted by Gasteiger charge is 2.15. The Morgan fingerprint density at radius 2 is 1.63 bits per heavy atom. The van der Waals surface area contributed by atoms with Gasteiger partial charge in [0.1, 0.15) is 0 Å². The SMILES string of the molecule is O=C(Nc1ccc(C(=O)N/N=C\c2ccccc2)cc1)NC1CCCCC1. The normalized spacial score (nSPS) is 14.7. The summed E-state index contributed by atoms with van der Waals surface area (Å²) in [6.07, 6.45) is 7.25. The molecular formula is C21H24N4O2. The molecule has 0 aliphatic heterocycles. The quantitative estimate of drug-likeness (QED) is 0.555. The predicted molar refractivity (Wildman–Crippen MR) is 107 cm³/mol. The number of nitrogens with one attached hydrogen (secondary N) is 3. The molecule has 6 heteroatoms. The summed E-state index contributed by atoms with van der Waals surface area (Å²) in [5, 5.41) is 9.76. The lowest BCUT2D eigenvalue weighted by Crippen LogP contribution is -2.39. The van der Waals surface area contributed by atoms with E-state index in [1.807, 2.05) is 30.3 Å². The fraction of sp³-hybridized carbons (Fsp3) is 0.286. The maximum absolute atomic E-state index is 12.1. The summed E-state index contributed by atoms with van der Waals surface area (Å²) < 4.78 is 0. The molecular weight excluding hydrogens is 340 g/mol. The fourth-order valence-electron chi connectivity index (χ4n) is 3.07. The average Bonchev–Trinajstić information content (AvgIpc) is 2.70. The van der Waals surface area contributed by atoms with E-state index in [9.17, 15) is 9.59 Å². The van der Waals surface area contributed by atoms with Crippen molar-refractivity contribution in [2.24, 2.45) is 5.10 Å². The van der Waals surface area contributed by atoms with E-state index in [0.29, 0.717) is 11.3 Å². The van der Waals surface area contributed by atoms with Crippen LogP contribution in [0.1, 0.15) is 48.0 Å². The molecule has 2 aromatic carbocycles. The first-order valence-electron chi connectivity index (χ1n) is 9.27. The van der Waals surface area contributed by atoms with Crippen LogP contribution in [-0.4, -0.2) is 24.2 Å². The summed E-state index contributed by atoms with van der Waals surface area (Å²) in [7, 11) is 0. The molecule has 1 aliphatic rings. The lowest BCUT2D eigenvalue weighted by Gasteiger charge is -2.22. The summed E-state index contributed by atoms with van der Waals surface area (Å²) in [4.78, 5) is 24.2. The molecule has 0 atom stereocenters. The minimum atomic E-state index is -0.305. The van der Waals surface area contributed by atoms with Gasteiger partial charge in [0.2, 0.25) is 0 Å². The molecule has 2 aromatic rings. The van der Waals surface area contributed by atoms with Gasteiger partial charge < -0.3 is 10.6 Å². The van der Waals surface area contributed by atoms with Crippen LogP contribution < -0.4 is 16.1 Å². The van der Waals surface area contributed by atoms with Gasteiger partial charge in [-0.25, -0.2) is 10.2 Å². The van der Waals surface area contributed by atoms with E-state index in [2.05, 4.69) is 21.2 Å². The molecule has 0 spiro atoms. The Bertz CT molecular complexity index is 782. The standard InChI is InChI=1S/C21H24N4O2/c26-20(25-22-15-16-7-3-1-4-8-16)17-11-13-19(14-12-17)24-21(27)23-18-9-5-2-6-10-18/h1,3-4,7-8,11-15,18H,2,5-6,9-10H2,(H,25,26)(H2,23,24,27)/b22-15-. The van der Waals surface area contributed by atoms with Gasteiger partial charge in [-0.2, -0.15) is 5.10 Å². The minimum Gasteiger partial charge on any atom is -0.335 e. The van der Waals surface area contributed by atoms with Crippen molar-refractivity contribution in [2.75, 3.05) is 5.32 Å². The number of urea groups is 1. The molecule has 0 radical (unpaired) electrons. The van der Waals surface area contributed by atoms with Crippen molar-refractivity contribution in [1.29, 1.82) is 0 Å². The smallest absolute Gasteiger partial charge is 0.319 e. The van der Waals surface area contributed by atoms with Crippen molar-refractivity contribution in [3.63, 3.8) is 0 Å². The molecule has 27 heavy (non-hydrogen) atoms. The van der Waals surface area contributed by atoms with Gasteiger partial charge in [0.05, 0.1) is 6.21 Å². The molecule has 3 rings (SSSR count). The van der Waals surface area contributed by atoms with E-state index < -0.39 is 0 Å². The summed E-state index contributed by atoms with van der Waals surface area (Å²) in [6.45, 7) is 0. The van der Waals surface area contributed by atoms with E-state index in [-0.39, 0.29) is 18.0 Å². The second-order valence-corrected chi connectivity index (χ2v) is 6.62. The highest BCUT2D eigenvalue weighted by Crippen LogP contribution is 2.17. The van der Waals surface area contributed by atoms with E-state index in [0.717, 1.165) is 18.4 Å². The number of hydrogen-bond acceptors (Lipinski definition) is 3. The molecule has 1 fully saturated rings. The minimum absolute atomic E-state index is 0.202. The molecule has 1 saturated carbocycles. The zero-order chi connectivity index (χ0) is 18.9. The van der Waals surface area contributed by atoms with E-state index >= 15 is 0 Å². The molecule has 1 aliphatic carbocycles. The average molecular weight is 364 g/mol. The third-order valence-corrected chi connectivity index (χ3v) is 4.52. The number of hydrazone groups is 1. The Hall–Kier alpha value is -3.15. The second-order valence-electron chi connectivity index (χ2n) is 6.62. The van der Waals surface area contributed by atoms with Gasteiger partial charge in [-0.1, -0.05) is 49.6 Å². The maximum atomic E-state index is 12.1. The molecule has 0 aromatic heterocycles. The molecule has 3 amide bonds. The van der Waals surface area contributed by atoms with Gasteiger partial charge in [0.15, 0.2) is 0 Å². The van der Waals surface area contributed by atoms with Gasteiger partial charge >= 0.3 is 6.03 Å². The number of nitrogens with zero attached hydrogens (tertiary/aromatic N) is 1. The van der Waals surface area contributed by atoms with Gasteiger partial charge in [-0.3, -0.25) is 4.79 Å². The van der Waals surface area contributed by atoms with Gasteiger partial charge in [-0.05, 0) is 42.7 Å². The lowest BCUT2D eigenvalue weighted by atomic mass is 9.96. The Labute approximate surface area is 159 Å². The van der Waals surface area contributed by atoms with Crippen LogP contribution in [0.4, 0.5) is 10.5 Å². The molecule has 0 bridgehead atoms. The largest absolute Gasteiger partial charge is 0.335 e. The van der Waals surface area contributed by atoms with Crippen LogP contribution in [0.25, 0.3) is 0 Å². The predicted octanol–water partition coefficient (Wildman–Crippen LogP) is 3.90. The topological polar surface area (TPSA) is 82.6 Å². The molecule has 6 nitrogen and oxygen atoms in total. The number of rotatable bonds is 5. The summed E-state index contributed by atoms with van der Waals surface area (Å²) >= 11 is 0. The van der Waals surface area contributed by atoms with Crippen LogP contribution in [0, 0.1) is 0 Å². The zero-order valence-electron chi connectivity index (χ0n) is 15.2. The third kappa shape index (κ3) is 5.95. The van der Waals surface area contributed by atoms with Gasteiger partial charge in [-0.15, -0.1) is 0 Å². The molecule has 140 valence electrons. The first-order valence-corrected chi connectivity index (χ1v) is 9.27. The maximum Gasteiger partial charge on any atom is 0.319 e. The zero-order valence-corrected chi connectivity index (χ0v) is 15.2.